The molecule has 7 heteroatoms. The number of H-pyrrole nitrogens is 1. The zero-order valence-electron chi connectivity index (χ0n) is 12.8. The average Bonchev–Trinajstić information content (AvgIpc) is 2.54. The minimum Gasteiger partial charge on any atom is -0.322 e. The van der Waals surface area contributed by atoms with E-state index < -0.39 is 10.0 Å². The highest BCUT2D eigenvalue weighted by molar-refractivity contribution is 7.89. The van der Waals surface area contributed by atoms with Crippen molar-refractivity contribution in [1.82, 2.24) is 9.71 Å². The summed E-state index contributed by atoms with van der Waals surface area (Å²) in [5, 5.41) is 1.22. The Morgan fingerprint density at radius 3 is 2.67 bits per heavy atom. The minimum atomic E-state index is -3.64. The van der Waals surface area contributed by atoms with E-state index >= 15 is 0 Å². The summed E-state index contributed by atoms with van der Waals surface area (Å²) in [6.45, 7) is 1.87. The van der Waals surface area contributed by atoms with E-state index in [1.807, 2.05) is 6.07 Å². The Hall–Kier alpha value is -2.15. The first-order valence-corrected chi connectivity index (χ1v) is 9.09. The number of hydrogen-bond donors (Lipinski definition) is 2. The van der Waals surface area contributed by atoms with Gasteiger partial charge in [-0.1, -0.05) is 23.7 Å². The normalized spacial score (nSPS) is 11.8. The van der Waals surface area contributed by atoms with Gasteiger partial charge in [0.25, 0.3) is 5.56 Å². The number of hydrogen-bond acceptors (Lipinski definition) is 3. The summed E-state index contributed by atoms with van der Waals surface area (Å²) in [5.74, 6) is 0. The molecule has 3 aromatic rings. The van der Waals surface area contributed by atoms with Gasteiger partial charge in [0.2, 0.25) is 10.0 Å². The Morgan fingerprint density at radius 2 is 1.92 bits per heavy atom. The molecule has 24 heavy (non-hydrogen) atoms. The number of rotatable bonds is 4. The van der Waals surface area contributed by atoms with Crippen LogP contribution in [0, 0.1) is 6.92 Å². The maximum Gasteiger partial charge on any atom is 0.251 e. The maximum atomic E-state index is 12.3. The molecule has 0 saturated carbocycles. The molecule has 0 aliphatic rings. The molecule has 0 bridgehead atoms. The van der Waals surface area contributed by atoms with Gasteiger partial charge in [0, 0.05) is 22.6 Å². The van der Waals surface area contributed by atoms with Crippen molar-refractivity contribution < 1.29 is 8.42 Å². The second-order valence-electron chi connectivity index (χ2n) is 5.49. The van der Waals surface area contributed by atoms with Crippen LogP contribution in [0.4, 0.5) is 0 Å². The van der Waals surface area contributed by atoms with Crippen LogP contribution in [0.25, 0.3) is 10.9 Å². The van der Waals surface area contributed by atoms with Crippen LogP contribution in [0.15, 0.2) is 58.2 Å². The topological polar surface area (TPSA) is 79.0 Å². The lowest BCUT2D eigenvalue weighted by atomic mass is 10.1. The van der Waals surface area contributed by atoms with E-state index in [1.54, 1.807) is 37.3 Å². The highest BCUT2D eigenvalue weighted by Gasteiger charge is 2.14. The van der Waals surface area contributed by atoms with Crippen LogP contribution in [-0.4, -0.2) is 13.4 Å². The molecular formula is C17H15ClN2O3S. The van der Waals surface area contributed by atoms with Crippen molar-refractivity contribution in [3.05, 3.63) is 75.0 Å². The summed E-state index contributed by atoms with van der Waals surface area (Å²) >= 11 is 5.84. The van der Waals surface area contributed by atoms with Gasteiger partial charge in [0.1, 0.15) is 0 Å². The maximum absolute atomic E-state index is 12.3. The van der Waals surface area contributed by atoms with E-state index in [4.69, 9.17) is 11.6 Å². The Morgan fingerprint density at radius 1 is 1.12 bits per heavy atom. The third-order valence-electron chi connectivity index (χ3n) is 3.67. The minimum absolute atomic E-state index is 0.121. The molecule has 0 saturated heterocycles. The number of sulfonamides is 1. The van der Waals surface area contributed by atoms with Crippen molar-refractivity contribution in [3.8, 4) is 0 Å². The molecule has 124 valence electrons. The Bertz CT molecular complexity index is 1070. The molecule has 3 rings (SSSR count). The van der Waals surface area contributed by atoms with Crippen LogP contribution in [0.2, 0.25) is 5.02 Å². The second kappa shape index (κ2) is 6.39. The largest absolute Gasteiger partial charge is 0.322 e. The van der Waals surface area contributed by atoms with E-state index in [0.29, 0.717) is 16.1 Å². The monoisotopic (exact) mass is 362 g/mol. The fourth-order valence-electron chi connectivity index (χ4n) is 2.37. The van der Waals surface area contributed by atoms with Crippen LogP contribution in [-0.2, 0) is 16.6 Å². The molecule has 2 aromatic carbocycles. The molecular weight excluding hydrogens is 348 g/mol. The van der Waals surface area contributed by atoms with Crippen LogP contribution >= 0.6 is 11.6 Å². The quantitative estimate of drug-likeness (QED) is 0.748. The number of aromatic amines is 1. The highest BCUT2D eigenvalue weighted by atomic mass is 35.5. The zero-order valence-corrected chi connectivity index (χ0v) is 14.4. The van der Waals surface area contributed by atoms with Crippen molar-refractivity contribution in [2.75, 3.05) is 0 Å². The van der Waals surface area contributed by atoms with Gasteiger partial charge in [0.05, 0.1) is 4.90 Å². The zero-order chi connectivity index (χ0) is 17.3. The van der Waals surface area contributed by atoms with Crippen molar-refractivity contribution in [3.63, 3.8) is 0 Å². The molecule has 0 fully saturated rings. The molecule has 0 atom stereocenters. The number of fused-ring (bicyclic) bond motifs is 1. The number of aromatic nitrogens is 1. The lowest BCUT2D eigenvalue weighted by molar-refractivity contribution is 0.581. The average molecular weight is 363 g/mol. The van der Waals surface area contributed by atoms with Crippen molar-refractivity contribution in [2.45, 2.75) is 18.4 Å². The molecule has 0 aliphatic heterocycles. The number of pyridine rings is 1. The van der Waals surface area contributed by atoms with Gasteiger partial charge in [-0.3, -0.25) is 4.79 Å². The predicted molar refractivity (Wildman–Crippen MR) is 94.8 cm³/mol. The first-order valence-electron chi connectivity index (χ1n) is 7.23. The summed E-state index contributed by atoms with van der Waals surface area (Å²) in [4.78, 5) is 14.5. The van der Waals surface area contributed by atoms with Crippen LogP contribution in [0.3, 0.4) is 0 Å². The molecule has 1 heterocycles. The molecule has 0 spiro atoms. The van der Waals surface area contributed by atoms with Gasteiger partial charge >= 0.3 is 0 Å². The SMILES string of the molecule is Cc1cc2cc(CNS(=O)(=O)c3cccc(Cl)c3)ccc2[nH]c1=O. The Kier molecular flexibility index (Phi) is 4.45. The van der Waals surface area contributed by atoms with Gasteiger partial charge in [-0.05, 0) is 54.3 Å². The van der Waals surface area contributed by atoms with E-state index in [-0.39, 0.29) is 17.0 Å². The molecule has 1 aromatic heterocycles. The number of aryl methyl sites for hydroxylation is 1. The Balaban J connectivity index is 1.85. The van der Waals surface area contributed by atoms with E-state index in [2.05, 4.69) is 9.71 Å². The van der Waals surface area contributed by atoms with Gasteiger partial charge in [-0.15, -0.1) is 0 Å². The van der Waals surface area contributed by atoms with E-state index in [1.165, 1.54) is 12.1 Å². The molecule has 0 aliphatic carbocycles. The highest BCUT2D eigenvalue weighted by Crippen LogP contribution is 2.17. The predicted octanol–water partition coefficient (Wildman–Crippen LogP) is 2.97. The number of benzene rings is 2. The molecule has 0 unspecified atom stereocenters. The first-order chi connectivity index (χ1) is 11.3. The summed E-state index contributed by atoms with van der Waals surface area (Å²) < 4.78 is 27.2. The summed E-state index contributed by atoms with van der Waals surface area (Å²) in [6, 6.07) is 13.3. The van der Waals surface area contributed by atoms with Gasteiger partial charge in [0.15, 0.2) is 0 Å². The van der Waals surface area contributed by atoms with Crippen LogP contribution in [0.5, 0.6) is 0 Å². The fourth-order valence-corrected chi connectivity index (χ4v) is 3.69. The third kappa shape index (κ3) is 3.51. The third-order valence-corrected chi connectivity index (χ3v) is 5.30. The van der Waals surface area contributed by atoms with Crippen LogP contribution in [0.1, 0.15) is 11.1 Å². The van der Waals surface area contributed by atoms with Gasteiger partial charge < -0.3 is 4.98 Å². The lowest BCUT2D eigenvalue weighted by Gasteiger charge is -2.08. The standard InChI is InChI=1S/C17H15ClN2O3S/c1-11-7-13-8-12(5-6-16(13)20-17(11)21)10-19-24(22,23)15-4-2-3-14(18)9-15/h2-9,19H,10H2,1H3,(H,20,21). The van der Waals surface area contributed by atoms with Gasteiger partial charge in [-0.25, -0.2) is 13.1 Å². The number of nitrogens with one attached hydrogen (secondary N) is 2. The first kappa shape index (κ1) is 16.7. The van der Waals surface area contributed by atoms with Crippen molar-refractivity contribution >= 4 is 32.5 Å². The molecule has 2 N–H and O–H groups in total. The van der Waals surface area contributed by atoms with Gasteiger partial charge in [-0.2, -0.15) is 0 Å². The van der Waals surface area contributed by atoms with Crippen LogP contribution < -0.4 is 10.3 Å². The van der Waals surface area contributed by atoms with E-state index in [0.717, 1.165) is 10.9 Å². The molecule has 0 amide bonds. The van der Waals surface area contributed by atoms with Crippen molar-refractivity contribution in [2.24, 2.45) is 0 Å². The molecule has 0 radical (unpaired) electrons. The summed E-state index contributed by atoms with van der Waals surface area (Å²) in [7, 11) is -3.64. The summed E-state index contributed by atoms with van der Waals surface area (Å²) in [6.07, 6.45) is 0. The Labute approximate surface area is 144 Å². The lowest BCUT2D eigenvalue weighted by Crippen LogP contribution is -2.23. The second-order valence-corrected chi connectivity index (χ2v) is 7.69. The molecule has 5 nitrogen and oxygen atoms in total. The van der Waals surface area contributed by atoms with Crippen molar-refractivity contribution in [1.29, 1.82) is 0 Å². The smallest absolute Gasteiger partial charge is 0.251 e. The fraction of sp³-hybridized carbons (Fsp3) is 0.118. The summed E-state index contributed by atoms with van der Waals surface area (Å²) in [5.41, 5.74) is 1.99. The number of halogens is 1. The van der Waals surface area contributed by atoms with E-state index in [9.17, 15) is 13.2 Å².